The SMILES string of the molecule is COc1ccc(CCN2C(=O)C(O)=C(C(C)=O)[C@H]2c2ccc(Br)cc2)cc1OC. The summed E-state index contributed by atoms with van der Waals surface area (Å²) in [5.74, 6) is -0.106. The van der Waals surface area contributed by atoms with Crippen LogP contribution in [0.5, 0.6) is 11.5 Å². The third kappa shape index (κ3) is 4.15. The van der Waals surface area contributed by atoms with Gasteiger partial charge in [0.2, 0.25) is 0 Å². The Balaban J connectivity index is 1.89. The van der Waals surface area contributed by atoms with Crippen molar-refractivity contribution in [1.82, 2.24) is 4.90 Å². The fourth-order valence-electron chi connectivity index (χ4n) is 3.52. The van der Waals surface area contributed by atoms with E-state index < -0.39 is 17.7 Å². The Morgan fingerprint density at radius 1 is 1.10 bits per heavy atom. The number of hydrogen-bond donors (Lipinski definition) is 1. The zero-order valence-electron chi connectivity index (χ0n) is 16.4. The van der Waals surface area contributed by atoms with E-state index in [-0.39, 0.29) is 11.4 Å². The van der Waals surface area contributed by atoms with Gasteiger partial charge in [0.05, 0.1) is 25.8 Å². The number of ketones is 1. The van der Waals surface area contributed by atoms with Crippen molar-refractivity contribution in [2.24, 2.45) is 0 Å². The van der Waals surface area contributed by atoms with E-state index in [1.165, 1.54) is 11.8 Å². The van der Waals surface area contributed by atoms with Gasteiger partial charge in [-0.05, 0) is 48.7 Å². The zero-order chi connectivity index (χ0) is 21.1. The van der Waals surface area contributed by atoms with Crippen LogP contribution in [0.15, 0.2) is 58.3 Å². The summed E-state index contributed by atoms with van der Waals surface area (Å²) in [6.45, 7) is 1.69. The number of carbonyl (C=O) groups is 2. The highest BCUT2D eigenvalue weighted by Gasteiger charge is 2.42. The predicted molar refractivity (Wildman–Crippen MR) is 112 cm³/mol. The van der Waals surface area contributed by atoms with Crippen LogP contribution in [-0.4, -0.2) is 42.5 Å². The van der Waals surface area contributed by atoms with E-state index in [2.05, 4.69) is 15.9 Å². The Morgan fingerprint density at radius 3 is 2.34 bits per heavy atom. The van der Waals surface area contributed by atoms with Crippen LogP contribution < -0.4 is 9.47 Å². The van der Waals surface area contributed by atoms with Gasteiger partial charge in [-0.25, -0.2) is 0 Å². The molecular weight excluding hydrogens is 438 g/mol. The lowest BCUT2D eigenvalue weighted by Gasteiger charge is -2.26. The van der Waals surface area contributed by atoms with Crippen molar-refractivity contribution < 1.29 is 24.2 Å². The largest absolute Gasteiger partial charge is 0.503 e. The summed E-state index contributed by atoms with van der Waals surface area (Å²) in [5, 5.41) is 10.4. The number of halogens is 1. The lowest BCUT2D eigenvalue weighted by atomic mass is 9.96. The molecule has 0 saturated heterocycles. The number of hydrogen-bond acceptors (Lipinski definition) is 5. The van der Waals surface area contributed by atoms with Crippen LogP contribution in [0.4, 0.5) is 0 Å². The van der Waals surface area contributed by atoms with Crippen LogP contribution in [0.2, 0.25) is 0 Å². The molecule has 1 atom stereocenters. The summed E-state index contributed by atoms with van der Waals surface area (Å²) in [7, 11) is 3.14. The number of aliphatic hydroxyl groups is 1. The molecule has 0 radical (unpaired) electrons. The highest BCUT2D eigenvalue weighted by atomic mass is 79.9. The number of benzene rings is 2. The molecule has 1 aliphatic rings. The predicted octanol–water partition coefficient (Wildman–Crippen LogP) is 3.99. The van der Waals surface area contributed by atoms with Crippen molar-refractivity contribution in [3.05, 3.63) is 69.4 Å². The van der Waals surface area contributed by atoms with E-state index >= 15 is 0 Å². The van der Waals surface area contributed by atoms with Gasteiger partial charge >= 0.3 is 0 Å². The average Bonchev–Trinajstić information content (AvgIpc) is 2.97. The molecule has 2 aromatic rings. The number of methoxy groups -OCH3 is 2. The third-order valence-corrected chi connectivity index (χ3v) is 5.49. The number of aliphatic hydroxyl groups excluding tert-OH is 1. The molecule has 29 heavy (non-hydrogen) atoms. The van der Waals surface area contributed by atoms with Crippen molar-refractivity contribution in [1.29, 1.82) is 0 Å². The maximum Gasteiger partial charge on any atom is 0.290 e. The molecule has 1 N–H and O–H groups in total. The molecule has 1 amide bonds. The number of ether oxygens (including phenoxy) is 2. The van der Waals surface area contributed by atoms with Crippen LogP contribution in [0.25, 0.3) is 0 Å². The normalized spacial score (nSPS) is 16.3. The summed E-state index contributed by atoms with van der Waals surface area (Å²) in [4.78, 5) is 26.5. The summed E-state index contributed by atoms with van der Waals surface area (Å²) in [6, 6.07) is 12.3. The second-order valence-electron chi connectivity index (χ2n) is 6.71. The summed E-state index contributed by atoms with van der Waals surface area (Å²) >= 11 is 3.39. The molecule has 152 valence electrons. The molecule has 0 saturated carbocycles. The van der Waals surface area contributed by atoms with Crippen LogP contribution in [0.1, 0.15) is 24.1 Å². The fourth-order valence-corrected chi connectivity index (χ4v) is 3.79. The number of nitrogens with zero attached hydrogens (tertiary/aromatic N) is 1. The number of Topliss-reactive ketones (excluding diaryl/α,β-unsaturated/α-hetero) is 1. The first-order valence-electron chi connectivity index (χ1n) is 9.08. The van der Waals surface area contributed by atoms with Crippen LogP contribution >= 0.6 is 15.9 Å². The molecule has 1 heterocycles. The van der Waals surface area contributed by atoms with E-state index in [1.54, 1.807) is 14.2 Å². The van der Waals surface area contributed by atoms with Gasteiger partial charge in [0.25, 0.3) is 5.91 Å². The second kappa shape index (κ2) is 8.69. The average molecular weight is 460 g/mol. The summed E-state index contributed by atoms with van der Waals surface area (Å²) in [5.41, 5.74) is 1.84. The van der Waals surface area contributed by atoms with Crippen molar-refractivity contribution in [3.63, 3.8) is 0 Å². The molecular formula is C22H22BrNO5. The Morgan fingerprint density at radius 2 is 1.76 bits per heavy atom. The molecule has 0 aromatic heterocycles. The van der Waals surface area contributed by atoms with E-state index in [4.69, 9.17) is 9.47 Å². The monoisotopic (exact) mass is 459 g/mol. The van der Waals surface area contributed by atoms with Gasteiger partial charge in [-0.1, -0.05) is 34.1 Å². The van der Waals surface area contributed by atoms with Crippen molar-refractivity contribution in [2.75, 3.05) is 20.8 Å². The molecule has 0 bridgehead atoms. The lowest BCUT2D eigenvalue weighted by Crippen LogP contribution is -2.32. The quantitative estimate of drug-likeness (QED) is 0.677. The number of carbonyl (C=O) groups excluding carboxylic acids is 2. The molecule has 6 nitrogen and oxygen atoms in total. The fraction of sp³-hybridized carbons (Fsp3) is 0.273. The van der Waals surface area contributed by atoms with Crippen molar-refractivity contribution in [2.45, 2.75) is 19.4 Å². The second-order valence-corrected chi connectivity index (χ2v) is 7.63. The number of rotatable bonds is 7. The van der Waals surface area contributed by atoms with Crippen molar-refractivity contribution in [3.8, 4) is 11.5 Å². The summed E-state index contributed by atoms with van der Waals surface area (Å²) in [6.07, 6.45) is 0.525. The minimum absolute atomic E-state index is 0.129. The molecule has 2 aromatic carbocycles. The van der Waals surface area contributed by atoms with Gasteiger partial charge in [0, 0.05) is 11.0 Å². The van der Waals surface area contributed by atoms with E-state index in [9.17, 15) is 14.7 Å². The minimum atomic E-state index is -0.617. The van der Waals surface area contributed by atoms with Gasteiger partial charge in [-0.3, -0.25) is 9.59 Å². The maximum absolute atomic E-state index is 12.7. The van der Waals surface area contributed by atoms with Gasteiger partial charge < -0.3 is 19.5 Å². The van der Waals surface area contributed by atoms with Gasteiger partial charge in [0.1, 0.15) is 0 Å². The molecule has 7 heteroatoms. The van der Waals surface area contributed by atoms with Crippen LogP contribution in [0, 0.1) is 0 Å². The molecule has 3 rings (SSSR count). The molecule has 0 aliphatic carbocycles. The Hall–Kier alpha value is -2.80. The van der Waals surface area contributed by atoms with Gasteiger partial charge in [0.15, 0.2) is 23.0 Å². The van der Waals surface area contributed by atoms with Crippen LogP contribution in [-0.2, 0) is 16.0 Å². The maximum atomic E-state index is 12.7. The minimum Gasteiger partial charge on any atom is -0.503 e. The molecule has 0 unspecified atom stereocenters. The van der Waals surface area contributed by atoms with Crippen LogP contribution in [0.3, 0.4) is 0 Å². The molecule has 0 fully saturated rings. The molecule has 1 aliphatic heterocycles. The molecule has 0 spiro atoms. The Labute approximate surface area is 177 Å². The third-order valence-electron chi connectivity index (χ3n) is 4.96. The highest BCUT2D eigenvalue weighted by Crippen LogP contribution is 2.38. The van der Waals surface area contributed by atoms with E-state index in [1.807, 2.05) is 42.5 Å². The van der Waals surface area contributed by atoms with Gasteiger partial charge in [-0.15, -0.1) is 0 Å². The highest BCUT2D eigenvalue weighted by molar-refractivity contribution is 9.10. The lowest BCUT2D eigenvalue weighted by molar-refractivity contribution is -0.129. The summed E-state index contributed by atoms with van der Waals surface area (Å²) < 4.78 is 11.5. The van der Waals surface area contributed by atoms with Gasteiger partial charge in [-0.2, -0.15) is 0 Å². The topological polar surface area (TPSA) is 76.1 Å². The smallest absolute Gasteiger partial charge is 0.290 e. The first kappa shape index (κ1) is 20.9. The van der Waals surface area contributed by atoms with E-state index in [0.29, 0.717) is 24.5 Å². The zero-order valence-corrected chi connectivity index (χ0v) is 18.0. The van der Waals surface area contributed by atoms with E-state index in [0.717, 1.165) is 15.6 Å². The first-order valence-corrected chi connectivity index (χ1v) is 9.88. The first-order chi connectivity index (χ1) is 13.9. The standard InChI is InChI=1S/C22H22BrNO5/c1-13(25)19-20(15-5-7-16(23)8-6-15)24(22(27)21(19)26)11-10-14-4-9-17(28-2)18(12-14)29-3/h4-9,12,20,26H,10-11H2,1-3H3/t20-/m1/s1. The van der Waals surface area contributed by atoms with Crippen molar-refractivity contribution >= 4 is 27.6 Å². The Bertz CT molecular complexity index is 968. The Kier molecular flexibility index (Phi) is 6.27. The number of amides is 1.